The van der Waals surface area contributed by atoms with E-state index in [1.807, 2.05) is 12.1 Å². The van der Waals surface area contributed by atoms with Gasteiger partial charge in [-0.3, -0.25) is 0 Å². The van der Waals surface area contributed by atoms with Gasteiger partial charge in [0.15, 0.2) is 5.69 Å². The molecule has 0 bridgehead atoms. The third-order valence-electron chi connectivity index (χ3n) is 3.21. The van der Waals surface area contributed by atoms with Gasteiger partial charge in [0.1, 0.15) is 0 Å². The number of carboxylic acid groups (broad SMARTS) is 1. The van der Waals surface area contributed by atoms with Crippen LogP contribution >= 0.6 is 0 Å². The van der Waals surface area contributed by atoms with E-state index >= 15 is 0 Å². The number of aryl methyl sites for hydroxylation is 1. The molecule has 1 aromatic carbocycles. The Morgan fingerprint density at radius 1 is 1.30 bits per heavy atom. The van der Waals surface area contributed by atoms with E-state index in [1.54, 1.807) is 10.7 Å². The quantitative estimate of drug-likeness (QED) is 0.908. The molecule has 20 heavy (non-hydrogen) atoms. The normalized spacial score (nSPS) is 11.0. The number of nitrogens with zero attached hydrogens (tertiary/aromatic N) is 2. The zero-order valence-corrected chi connectivity index (χ0v) is 12.1. The van der Waals surface area contributed by atoms with Crippen molar-refractivity contribution in [3.63, 3.8) is 0 Å². The van der Waals surface area contributed by atoms with Gasteiger partial charge in [0, 0.05) is 5.69 Å². The Morgan fingerprint density at radius 2 is 1.95 bits per heavy atom. The first-order valence-electron chi connectivity index (χ1n) is 6.92. The molecule has 0 unspecified atom stereocenters. The summed E-state index contributed by atoms with van der Waals surface area (Å²) in [5.41, 5.74) is 3.19. The van der Waals surface area contributed by atoms with Gasteiger partial charge in [0.25, 0.3) is 0 Å². The molecule has 1 aromatic heterocycles. The molecule has 0 aliphatic carbocycles. The number of benzene rings is 1. The molecule has 0 spiro atoms. The van der Waals surface area contributed by atoms with Crippen LogP contribution in [0.2, 0.25) is 0 Å². The summed E-state index contributed by atoms with van der Waals surface area (Å²) >= 11 is 0. The van der Waals surface area contributed by atoms with E-state index in [9.17, 15) is 4.79 Å². The van der Waals surface area contributed by atoms with Gasteiger partial charge < -0.3 is 5.11 Å². The molecule has 2 rings (SSSR count). The molecule has 0 saturated heterocycles. The number of rotatable bonds is 5. The lowest BCUT2D eigenvalue weighted by molar-refractivity contribution is 0.0690. The molecule has 0 aliphatic rings. The van der Waals surface area contributed by atoms with Gasteiger partial charge >= 0.3 is 5.97 Å². The highest BCUT2D eigenvalue weighted by Gasteiger charge is 2.15. The van der Waals surface area contributed by atoms with Crippen LogP contribution in [0.25, 0.3) is 5.69 Å². The third kappa shape index (κ3) is 3.07. The summed E-state index contributed by atoms with van der Waals surface area (Å²) in [6.45, 7) is 6.32. The van der Waals surface area contributed by atoms with Crippen molar-refractivity contribution in [3.05, 3.63) is 47.3 Å². The first-order valence-corrected chi connectivity index (χ1v) is 6.92. The van der Waals surface area contributed by atoms with Crippen molar-refractivity contribution in [2.75, 3.05) is 0 Å². The summed E-state index contributed by atoms with van der Waals surface area (Å²) < 4.78 is 1.74. The lowest BCUT2D eigenvalue weighted by Gasteiger charge is -2.09. The fraction of sp³-hybridized carbons (Fsp3) is 0.375. The van der Waals surface area contributed by atoms with Gasteiger partial charge in [-0.05, 0) is 42.5 Å². The lowest BCUT2D eigenvalue weighted by atomic mass is 10.1. The fourth-order valence-corrected chi connectivity index (χ4v) is 2.18. The molecule has 106 valence electrons. The molecule has 1 N–H and O–H groups in total. The fourth-order valence-electron chi connectivity index (χ4n) is 2.18. The van der Waals surface area contributed by atoms with E-state index in [0.29, 0.717) is 5.92 Å². The molecule has 0 amide bonds. The molecule has 0 atom stereocenters. The molecular weight excluding hydrogens is 252 g/mol. The van der Waals surface area contributed by atoms with Crippen LogP contribution < -0.4 is 0 Å². The van der Waals surface area contributed by atoms with Gasteiger partial charge in [-0.2, -0.15) is 5.10 Å². The Labute approximate surface area is 119 Å². The van der Waals surface area contributed by atoms with Crippen LogP contribution in [0.15, 0.2) is 30.3 Å². The predicted octanol–water partition coefficient (Wildman–Crippen LogP) is 3.33. The Bertz CT molecular complexity index is 597. The summed E-state index contributed by atoms with van der Waals surface area (Å²) in [6.07, 6.45) is 1.79. The van der Waals surface area contributed by atoms with Crippen LogP contribution in [-0.4, -0.2) is 20.9 Å². The second kappa shape index (κ2) is 5.90. The zero-order valence-electron chi connectivity index (χ0n) is 12.1. The number of aromatic carboxylic acids is 1. The van der Waals surface area contributed by atoms with Crippen LogP contribution in [0.3, 0.4) is 0 Å². The van der Waals surface area contributed by atoms with Crippen molar-refractivity contribution in [1.29, 1.82) is 0 Å². The molecule has 0 aliphatic heterocycles. The van der Waals surface area contributed by atoms with E-state index in [2.05, 4.69) is 38.0 Å². The second-order valence-corrected chi connectivity index (χ2v) is 5.36. The van der Waals surface area contributed by atoms with Gasteiger partial charge in [0.2, 0.25) is 0 Å². The minimum absolute atomic E-state index is 0.0974. The Hall–Kier alpha value is -2.10. The van der Waals surface area contributed by atoms with Crippen molar-refractivity contribution in [3.8, 4) is 5.69 Å². The van der Waals surface area contributed by atoms with Crippen molar-refractivity contribution in [2.24, 2.45) is 5.92 Å². The minimum Gasteiger partial charge on any atom is -0.476 e. The first kappa shape index (κ1) is 14.3. The monoisotopic (exact) mass is 272 g/mol. The van der Waals surface area contributed by atoms with E-state index in [-0.39, 0.29) is 5.69 Å². The van der Waals surface area contributed by atoms with Crippen molar-refractivity contribution < 1.29 is 9.90 Å². The van der Waals surface area contributed by atoms with E-state index in [0.717, 1.165) is 24.2 Å². The van der Waals surface area contributed by atoms with Crippen molar-refractivity contribution in [2.45, 2.75) is 33.6 Å². The summed E-state index contributed by atoms with van der Waals surface area (Å²) in [7, 11) is 0. The van der Waals surface area contributed by atoms with Crippen LogP contribution in [0.1, 0.15) is 42.5 Å². The second-order valence-electron chi connectivity index (χ2n) is 5.36. The molecule has 0 fully saturated rings. The molecule has 4 nitrogen and oxygen atoms in total. The van der Waals surface area contributed by atoms with Crippen molar-refractivity contribution >= 4 is 5.97 Å². The molecule has 2 aromatic rings. The maximum absolute atomic E-state index is 11.1. The average Bonchev–Trinajstić information content (AvgIpc) is 2.82. The summed E-state index contributed by atoms with van der Waals surface area (Å²) in [4.78, 5) is 11.1. The van der Waals surface area contributed by atoms with Gasteiger partial charge in [-0.15, -0.1) is 0 Å². The summed E-state index contributed by atoms with van der Waals surface area (Å²) in [5.74, 6) is -0.541. The van der Waals surface area contributed by atoms with E-state index in [1.165, 1.54) is 5.56 Å². The average molecular weight is 272 g/mol. The highest BCUT2D eigenvalue weighted by Crippen LogP contribution is 2.17. The smallest absolute Gasteiger partial charge is 0.356 e. The summed E-state index contributed by atoms with van der Waals surface area (Å²) in [5, 5.41) is 13.3. The number of carboxylic acids is 1. The van der Waals surface area contributed by atoms with Crippen molar-refractivity contribution in [1.82, 2.24) is 9.78 Å². The van der Waals surface area contributed by atoms with Gasteiger partial charge in [-0.1, -0.05) is 32.9 Å². The van der Waals surface area contributed by atoms with Gasteiger partial charge in [0.05, 0.1) is 5.69 Å². The number of aromatic nitrogens is 2. The van der Waals surface area contributed by atoms with Crippen LogP contribution in [-0.2, 0) is 12.8 Å². The Kier molecular flexibility index (Phi) is 4.23. The molecule has 0 radical (unpaired) electrons. The molecular formula is C16H20N2O2. The molecule has 0 saturated carbocycles. The number of carbonyl (C=O) groups is 1. The van der Waals surface area contributed by atoms with Crippen LogP contribution in [0.5, 0.6) is 0 Å². The lowest BCUT2D eigenvalue weighted by Crippen LogP contribution is -2.06. The highest BCUT2D eigenvalue weighted by molar-refractivity contribution is 5.85. The first-order chi connectivity index (χ1) is 9.51. The summed E-state index contributed by atoms with van der Waals surface area (Å²) in [6, 6.07) is 9.74. The van der Waals surface area contributed by atoms with Crippen LogP contribution in [0, 0.1) is 5.92 Å². The van der Waals surface area contributed by atoms with E-state index in [4.69, 9.17) is 5.11 Å². The largest absolute Gasteiger partial charge is 0.476 e. The highest BCUT2D eigenvalue weighted by atomic mass is 16.4. The Balaban J connectivity index is 2.44. The Morgan fingerprint density at radius 3 is 2.45 bits per heavy atom. The molecule has 1 heterocycles. The van der Waals surface area contributed by atoms with Gasteiger partial charge in [-0.25, -0.2) is 9.48 Å². The standard InChI is InChI=1S/C16H20N2O2/c1-4-12-5-7-13(8-6-12)18-14(9-11(2)3)10-15(17-18)16(19)20/h5-8,10-11H,4,9H2,1-3H3,(H,19,20). The third-order valence-corrected chi connectivity index (χ3v) is 3.21. The number of hydrogen-bond donors (Lipinski definition) is 1. The maximum Gasteiger partial charge on any atom is 0.356 e. The van der Waals surface area contributed by atoms with E-state index < -0.39 is 5.97 Å². The zero-order chi connectivity index (χ0) is 14.7. The maximum atomic E-state index is 11.1. The van der Waals surface area contributed by atoms with Crippen LogP contribution in [0.4, 0.5) is 0 Å². The predicted molar refractivity (Wildman–Crippen MR) is 78.4 cm³/mol. The number of hydrogen-bond acceptors (Lipinski definition) is 2. The topological polar surface area (TPSA) is 55.1 Å². The minimum atomic E-state index is -0.987. The SMILES string of the molecule is CCc1ccc(-n2nc(C(=O)O)cc2CC(C)C)cc1. The molecule has 4 heteroatoms.